The Kier molecular flexibility index (Phi) is 6.41. The predicted octanol–water partition coefficient (Wildman–Crippen LogP) is 15.8. The van der Waals surface area contributed by atoms with Gasteiger partial charge in [0, 0.05) is 52.1 Å². The molecule has 0 N–H and O–H groups in total. The SMILES string of the molecule is c1ccc2cc(-c3ccc(N(c4cccc5c4oc4c5ccc5sc6ccccc6c54)c4cccc5c4sc4cc6ccccc6cc45)cc3)ccc2c1. The third-order valence-corrected chi connectivity index (χ3v) is 13.3. The summed E-state index contributed by atoms with van der Waals surface area (Å²) in [5.74, 6) is 0. The molecule has 0 radical (unpaired) electrons. The molecule has 12 aromatic rings. The van der Waals surface area contributed by atoms with E-state index in [1.54, 1.807) is 0 Å². The molecule has 4 heteroatoms. The molecule has 0 saturated carbocycles. The Balaban J connectivity index is 1.11. The molecule has 3 aromatic heterocycles. The van der Waals surface area contributed by atoms with E-state index in [1.165, 1.54) is 73.0 Å². The first kappa shape index (κ1) is 30.0. The zero-order valence-electron chi connectivity index (χ0n) is 28.9. The molecule has 3 heterocycles. The molecule has 54 heavy (non-hydrogen) atoms. The molecule has 0 unspecified atom stereocenters. The number of rotatable bonds is 4. The largest absolute Gasteiger partial charge is 0.453 e. The van der Waals surface area contributed by atoms with Crippen LogP contribution in [-0.4, -0.2) is 0 Å². The normalized spacial score (nSPS) is 12.1. The maximum Gasteiger partial charge on any atom is 0.159 e. The molecule has 0 spiro atoms. The van der Waals surface area contributed by atoms with E-state index in [4.69, 9.17) is 4.42 Å². The van der Waals surface area contributed by atoms with Crippen LogP contribution in [0.25, 0.3) is 95.0 Å². The Labute approximate surface area is 318 Å². The predicted molar refractivity (Wildman–Crippen MR) is 235 cm³/mol. The van der Waals surface area contributed by atoms with E-state index in [2.05, 4.69) is 181 Å². The Morgan fingerprint density at radius 1 is 0.370 bits per heavy atom. The van der Waals surface area contributed by atoms with Gasteiger partial charge in [0.05, 0.1) is 16.1 Å². The Morgan fingerprint density at radius 2 is 1.04 bits per heavy atom. The van der Waals surface area contributed by atoms with Gasteiger partial charge in [0.2, 0.25) is 0 Å². The third kappa shape index (κ3) is 4.45. The van der Waals surface area contributed by atoms with Crippen LogP contribution in [0, 0.1) is 0 Å². The van der Waals surface area contributed by atoms with Crippen LogP contribution < -0.4 is 4.90 Å². The number of para-hydroxylation sites is 1. The number of nitrogens with zero attached hydrogens (tertiary/aromatic N) is 1. The second-order valence-corrected chi connectivity index (χ2v) is 16.2. The van der Waals surface area contributed by atoms with Gasteiger partial charge in [-0.2, -0.15) is 0 Å². The van der Waals surface area contributed by atoms with Gasteiger partial charge in [0.1, 0.15) is 5.58 Å². The van der Waals surface area contributed by atoms with E-state index in [1.807, 2.05) is 22.7 Å². The minimum atomic E-state index is 0.887. The van der Waals surface area contributed by atoms with Crippen LogP contribution in [-0.2, 0) is 0 Å². The van der Waals surface area contributed by atoms with Crippen molar-refractivity contribution in [3.05, 3.63) is 176 Å². The van der Waals surface area contributed by atoms with E-state index in [0.29, 0.717) is 0 Å². The van der Waals surface area contributed by atoms with E-state index in [9.17, 15) is 0 Å². The lowest BCUT2D eigenvalue weighted by atomic mass is 10.0. The van der Waals surface area contributed by atoms with Gasteiger partial charge in [-0.15, -0.1) is 22.7 Å². The number of furan rings is 1. The van der Waals surface area contributed by atoms with Gasteiger partial charge in [0.15, 0.2) is 5.58 Å². The number of benzene rings is 9. The van der Waals surface area contributed by atoms with Crippen LogP contribution in [0.2, 0.25) is 0 Å². The monoisotopic (exact) mass is 723 g/mol. The minimum Gasteiger partial charge on any atom is -0.453 e. The van der Waals surface area contributed by atoms with Crippen LogP contribution in [0.15, 0.2) is 180 Å². The maximum absolute atomic E-state index is 7.11. The minimum absolute atomic E-state index is 0.887. The van der Waals surface area contributed by atoms with Crippen molar-refractivity contribution >= 4 is 124 Å². The molecule has 12 rings (SSSR count). The third-order valence-electron chi connectivity index (χ3n) is 11.0. The molecule has 9 aromatic carbocycles. The number of hydrogen-bond donors (Lipinski definition) is 0. The molecule has 252 valence electrons. The van der Waals surface area contributed by atoms with E-state index in [-0.39, 0.29) is 0 Å². The van der Waals surface area contributed by atoms with Gasteiger partial charge in [-0.05, 0) is 93.3 Å². The lowest BCUT2D eigenvalue weighted by molar-refractivity contribution is 0.673. The van der Waals surface area contributed by atoms with Crippen molar-refractivity contribution in [2.75, 3.05) is 4.90 Å². The highest BCUT2D eigenvalue weighted by Crippen LogP contribution is 2.49. The summed E-state index contributed by atoms with van der Waals surface area (Å²) in [6, 6.07) is 64.2. The smallest absolute Gasteiger partial charge is 0.159 e. The fourth-order valence-corrected chi connectivity index (χ4v) is 10.8. The van der Waals surface area contributed by atoms with E-state index >= 15 is 0 Å². The van der Waals surface area contributed by atoms with Gasteiger partial charge in [-0.3, -0.25) is 0 Å². The molecular weight excluding hydrogens is 695 g/mol. The van der Waals surface area contributed by atoms with Crippen LogP contribution in [0.1, 0.15) is 0 Å². The standard InChI is InChI=1S/C50H29NOS2/c1-2-10-32-27-35(20-19-30(32)9-1)31-21-23-36(24-22-31)51(43-17-8-15-39-41-28-33-11-3-4-12-34(33)29-46(41)54-50(39)43)42-16-7-14-37-38-25-26-45-47(49(38)52-48(37)42)40-13-5-6-18-44(40)53-45/h1-29H. The van der Waals surface area contributed by atoms with Crippen molar-refractivity contribution < 1.29 is 4.42 Å². The highest BCUT2D eigenvalue weighted by molar-refractivity contribution is 7.26. The summed E-state index contributed by atoms with van der Waals surface area (Å²) in [6.45, 7) is 0. The molecule has 2 nitrogen and oxygen atoms in total. The Morgan fingerprint density at radius 3 is 1.89 bits per heavy atom. The highest BCUT2D eigenvalue weighted by Gasteiger charge is 2.24. The van der Waals surface area contributed by atoms with Crippen molar-refractivity contribution in [2.24, 2.45) is 0 Å². The van der Waals surface area contributed by atoms with Gasteiger partial charge in [-0.1, -0.05) is 115 Å². The van der Waals surface area contributed by atoms with Gasteiger partial charge in [-0.25, -0.2) is 0 Å². The number of hydrogen-bond acceptors (Lipinski definition) is 4. The molecule has 0 fully saturated rings. The first-order chi connectivity index (χ1) is 26.7. The number of fused-ring (bicyclic) bond motifs is 12. The first-order valence-corrected chi connectivity index (χ1v) is 19.9. The molecule has 0 aliphatic heterocycles. The zero-order chi connectivity index (χ0) is 35.3. The van der Waals surface area contributed by atoms with Crippen molar-refractivity contribution in [1.82, 2.24) is 0 Å². The van der Waals surface area contributed by atoms with Gasteiger partial charge >= 0.3 is 0 Å². The summed E-state index contributed by atoms with van der Waals surface area (Å²) in [7, 11) is 0. The van der Waals surface area contributed by atoms with Crippen LogP contribution in [0.4, 0.5) is 17.1 Å². The molecule has 0 saturated heterocycles. The van der Waals surface area contributed by atoms with Gasteiger partial charge in [0.25, 0.3) is 0 Å². The number of anilines is 3. The van der Waals surface area contributed by atoms with Crippen molar-refractivity contribution in [1.29, 1.82) is 0 Å². The summed E-state index contributed by atoms with van der Waals surface area (Å²) < 4.78 is 12.2. The second-order valence-electron chi connectivity index (χ2n) is 14.1. The van der Waals surface area contributed by atoms with E-state index in [0.717, 1.165) is 39.0 Å². The van der Waals surface area contributed by atoms with Crippen LogP contribution >= 0.6 is 22.7 Å². The van der Waals surface area contributed by atoms with Crippen molar-refractivity contribution in [2.45, 2.75) is 0 Å². The second kappa shape index (κ2) is 11.5. The summed E-state index contributed by atoms with van der Waals surface area (Å²) in [5, 5.41) is 12.3. The fourth-order valence-electron chi connectivity index (χ4n) is 8.45. The van der Waals surface area contributed by atoms with E-state index < -0.39 is 0 Å². The molecule has 0 atom stereocenters. The molecule has 0 aliphatic carbocycles. The molecule has 0 aliphatic rings. The first-order valence-electron chi connectivity index (χ1n) is 18.2. The van der Waals surface area contributed by atoms with Gasteiger partial charge < -0.3 is 9.32 Å². The van der Waals surface area contributed by atoms with Crippen molar-refractivity contribution in [3.63, 3.8) is 0 Å². The highest BCUT2D eigenvalue weighted by atomic mass is 32.1. The van der Waals surface area contributed by atoms with Crippen LogP contribution in [0.5, 0.6) is 0 Å². The average Bonchev–Trinajstić information content (AvgIpc) is 3.92. The zero-order valence-corrected chi connectivity index (χ0v) is 30.5. The number of thiophene rings is 2. The lowest BCUT2D eigenvalue weighted by Gasteiger charge is -2.26. The molecular formula is C50H29NOS2. The summed E-state index contributed by atoms with van der Waals surface area (Å²) in [5.41, 5.74) is 7.46. The van der Waals surface area contributed by atoms with Crippen LogP contribution in [0.3, 0.4) is 0 Å². The maximum atomic E-state index is 7.11. The quantitative estimate of drug-likeness (QED) is 0.180. The average molecular weight is 724 g/mol. The molecule has 0 amide bonds. The summed E-state index contributed by atoms with van der Waals surface area (Å²) in [6.07, 6.45) is 0. The molecule has 0 bridgehead atoms. The lowest BCUT2D eigenvalue weighted by Crippen LogP contribution is -2.10. The Bertz CT molecular complexity index is 3460. The summed E-state index contributed by atoms with van der Waals surface area (Å²) >= 11 is 3.69. The van der Waals surface area contributed by atoms with Crippen molar-refractivity contribution in [3.8, 4) is 11.1 Å². The topological polar surface area (TPSA) is 16.4 Å². The summed E-state index contributed by atoms with van der Waals surface area (Å²) in [4.78, 5) is 2.41. The fraction of sp³-hybridized carbons (Fsp3) is 0. The Hall–Kier alpha value is -6.46.